The smallest absolute Gasteiger partial charge is 0.410 e. The molecular weight excluding hydrogens is 232 g/mol. The third-order valence-corrected chi connectivity index (χ3v) is 2.71. The van der Waals surface area contributed by atoms with Gasteiger partial charge in [0.1, 0.15) is 5.60 Å². The van der Waals surface area contributed by atoms with Crippen LogP contribution < -0.4 is 0 Å². The molecule has 0 fully saturated rings. The number of amides is 1. The van der Waals surface area contributed by atoms with Crippen LogP contribution >= 0.6 is 0 Å². The first kappa shape index (κ1) is 12.8. The molecule has 0 bridgehead atoms. The Kier molecular flexibility index (Phi) is 3.26. The van der Waals surface area contributed by atoms with E-state index in [1.54, 1.807) is 18.5 Å². The van der Waals surface area contributed by atoms with Crippen molar-refractivity contribution in [3.05, 3.63) is 29.6 Å². The molecule has 1 unspecified atom stereocenters. The first-order valence-corrected chi connectivity index (χ1v) is 5.95. The lowest BCUT2D eigenvalue weighted by Crippen LogP contribution is -2.41. The summed E-state index contributed by atoms with van der Waals surface area (Å²) in [5, 5.41) is 10.0. The van der Waals surface area contributed by atoms with Gasteiger partial charge in [0.15, 0.2) is 0 Å². The lowest BCUT2D eigenvalue weighted by atomic mass is 10.0. The van der Waals surface area contributed by atoms with E-state index >= 15 is 0 Å². The van der Waals surface area contributed by atoms with Gasteiger partial charge in [0.2, 0.25) is 0 Å². The van der Waals surface area contributed by atoms with Crippen molar-refractivity contribution < 1.29 is 14.6 Å². The fraction of sp³-hybridized carbons (Fsp3) is 0.538. The summed E-state index contributed by atoms with van der Waals surface area (Å²) in [5.41, 5.74) is 1.17. The van der Waals surface area contributed by atoms with Crippen molar-refractivity contribution in [1.82, 2.24) is 9.88 Å². The number of rotatable bonds is 0. The lowest BCUT2D eigenvalue weighted by Gasteiger charge is -2.33. The SMILES string of the molecule is CC(C)(C)OC(=O)N1Cc2cnccc2C(O)C1. The third kappa shape index (κ3) is 2.79. The Hall–Kier alpha value is -1.62. The standard InChI is InChI=1S/C13H18N2O3/c1-13(2,3)18-12(17)15-7-9-6-14-5-4-10(9)11(16)8-15/h4-6,11,16H,7-8H2,1-3H3. The van der Waals surface area contributed by atoms with E-state index in [1.165, 1.54) is 4.90 Å². The number of aliphatic hydroxyl groups is 1. The third-order valence-electron chi connectivity index (χ3n) is 2.71. The van der Waals surface area contributed by atoms with E-state index in [9.17, 15) is 9.90 Å². The number of ether oxygens (including phenoxy) is 1. The van der Waals surface area contributed by atoms with E-state index in [0.29, 0.717) is 6.54 Å². The van der Waals surface area contributed by atoms with Crippen LogP contribution in [0.3, 0.4) is 0 Å². The molecule has 1 aromatic rings. The van der Waals surface area contributed by atoms with Crippen LogP contribution in [0, 0.1) is 0 Å². The molecule has 2 rings (SSSR count). The van der Waals surface area contributed by atoms with Crippen LogP contribution in [-0.4, -0.2) is 33.2 Å². The molecule has 5 nitrogen and oxygen atoms in total. The quantitative estimate of drug-likeness (QED) is 0.763. The Morgan fingerprint density at radius 2 is 2.28 bits per heavy atom. The Morgan fingerprint density at radius 3 is 2.94 bits per heavy atom. The topological polar surface area (TPSA) is 62.7 Å². The number of pyridine rings is 1. The second-order valence-corrected chi connectivity index (χ2v) is 5.45. The molecule has 0 spiro atoms. The average Bonchev–Trinajstić information content (AvgIpc) is 2.26. The van der Waals surface area contributed by atoms with Crippen molar-refractivity contribution >= 4 is 6.09 Å². The van der Waals surface area contributed by atoms with Gasteiger partial charge in [-0.1, -0.05) is 0 Å². The van der Waals surface area contributed by atoms with Crippen LogP contribution in [0.2, 0.25) is 0 Å². The largest absolute Gasteiger partial charge is 0.444 e. The summed E-state index contributed by atoms with van der Waals surface area (Å²) in [4.78, 5) is 17.5. The minimum atomic E-state index is -0.677. The van der Waals surface area contributed by atoms with Crippen molar-refractivity contribution in [1.29, 1.82) is 0 Å². The van der Waals surface area contributed by atoms with Gasteiger partial charge in [-0.2, -0.15) is 0 Å². The van der Waals surface area contributed by atoms with Gasteiger partial charge in [0.25, 0.3) is 0 Å². The molecular formula is C13H18N2O3. The van der Waals surface area contributed by atoms with Gasteiger partial charge in [0.05, 0.1) is 19.2 Å². The number of hydrogen-bond acceptors (Lipinski definition) is 4. The predicted octanol–water partition coefficient (Wildman–Crippen LogP) is 1.87. The molecule has 18 heavy (non-hydrogen) atoms. The van der Waals surface area contributed by atoms with E-state index in [0.717, 1.165) is 11.1 Å². The zero-order valence-corrected chi connectivity index (χ0v) is 10.9. The molecule has 1 aliphatic heterocycles. The molecule has 0 saturated carbocycles. The number of β-amino-alcohol motifs (C(OH)–C–C–N with tert-alkyl or cyclic N) is 1. The Balaban J connectivity index is 2.13. The monoisotopic (exact) mass is 250 g/mol. The number of aliphatic hydroxyl groups excluding tert-OH is 1. The zero-order chi connectivity index (χ0) is 13.3. The van der Waals surface area contributed by atoms with Crippen molar-refractivity contribution in [2.75, 3.05) is 6.54 Å². The number of carbonyl (C=O) groups excluding carboxylic acids is 1. The molecule has 5 heteroatoms. The molecule has 0 radical (unpaired) electrons. The van der Waals surface area contributed by atoms with Gasteiger partial charge in [-0.05, 0) is 38.0 Å². The summed E-state index contributed by atoms with van der Waals surface area (Å²) < 4.78 is 5.30. The van der Waals surface area contributed by atoms with Crippen molar-refractivity contribution in [2.24, 2.45) is 0 Å². The van der Waals surface area contributed by atoms with Crippen LogP contribution in [0.25, 0.3) is 0 Å². The van der Waals surface area contributed by atoms with Crippen molar-refractivity contribution in [2.45, 2.75) is 39.0 Å². The summed E-state index contributed by atoms with van der Waals surface area (Å²) in [5.74, 6) is 0. The number of hydrogen-bond donors (Lipinski definition) is 1. The minimum absolute atomic E-state index is 0.256. The lowest BCUT2D eigenvalue weighted by molar-refractivity contribution is 0.00823. The van der Waals surface area contributed by atoms with Crippen LogP contribution in [0.1, 0.15) is 38.0 Å². The molecule has 1 N–H and O–H groups in total. The maximum absolute atomic E-state index is 11.9. The van der Waals surface area contributed by atoms with E-state index < -0.39 is 17.8 Å². The molecule has 1 aliphatic rings. The molecule has 1 aromatic heterocycles. The molecule has 1 atom stereocenters. The number of nitrogens with zero attached hydrogens (tertiary/aromatic N) is 2. The Labute approximate surface area is 106 Å². The second kappa shape index (κ2) is 4.57. The fourth-order valence-corrected chi connectivity index (χ4v) is 1.94. The van der Waals surface area contributed by atoms with Crippen LogP contribution in [0.4, 0.5) is 4.79 Å². The summed E-state index contributed by atoms with van der Waals surface area (Å²) in [6.45, 7) is 6.14. The van der Waals surface area contributed by atoms with E-state index in [1.807, 2.05) is 20.8 Å². The fourth-order valence-electron chi connectivity index (χ4n) is 1.94. The maximum atomic E-state index is 11.9. The van der Waals surface area contributed by atoms with Gasteiger partial charge in [-0.25, -0.2) is 4.79 Å². The predicted molar refractivity (Wildman–Crippen MR) is 65.8 cm³/mol. The molecule has 0 saturated heterocycles. The van der Waals surface area contributed by atoms with E-state index in [4.69, 9.17) is 4.74 Å². The van der Waals surface area contributed by atoms with E-state index in [2.05, 4.69) is 4.98 Å². The summed E-state index contributed by atoms with van der Waals surface area (Å²) in [6, 6.07) is 1.78. The average molecular weight is 250 g/mol. The molecule has 0 aliphatic carbocycles. The highest BCUT2D eigenvalue weighted by Crippen LogP contribution is 2.26. The van der Waals surface area contributed by atoms with Crippen LogP contribution in [0.5, 0.6) is 0 Å². The summed E-state index contributed by atoms with van der Waals surface area (Å²) in [7, 11) is 0. The molecule has 2 heterocycles. The van der Waals surface area contributed by atoms with Crippen LogP contribution in [0.15, 0.2) is 18.5 Å². The minimum Gasteiger partial charge on any atom is -0.444 e. The van der Waals surface area contributed by atoms with Gasteiger partial charge in [-0.3, -0.25) is 4.98 Å². The molecule has 0 aromatic carbocycles. The number of fused-ring (bicyclic) bond motifs is 1. The second-order valence-electron chi connectivity index (χ2n) is 5.45. The zero-order valence-electron chi connectivity index (χ0n) is 10.9. The highest BCUT2D eigenvalue weighted by molar-refractivity contribution is 5.68. The first-order chi connectivity index (χ1) is 8.37. The van der Waals surface area contributed by atoms with Gasteiger partial charge >= 0.3 is 6.09 Å². The summed E-state index contributed by atoms with van der Waals surface area (Å²) >= 11 is 0. The number of carbonyl (C=O) groups is 1. The normalized spacial score (nSPS) is 19.3. The van der Waals surface area contributed by atoms with Gasteiger partial charge in [0, 0.05) is 12.4 Å². The molecule has 98 valence electrons. The Bertz CT molecular complexity index is 454. The van der Waals surface area contributed by atoms with Crippen molar-refractivity contribution in [3.8, 4) is 0 Å². The van der Waals surface area contributed by atoms with Gasteiger partial charge < -0.3 is 14.7 Å². The number of aromatic nitrogens is 1. The highest BCUT2D eigenvalue weighted by Gasteiger charge is 2.29. The first-order valence-electron chi connectivity index (χ1n) is 5.95. The van der Waals surface area contributed by atoms with Gasteiger partial charge in [-0.15, -0.1) is 0 Å². The highest BCUT2D eigenvalue weighted by atomic mass is 16.6. The molecule has 1 amide bonds. The van der Waals surface area contributed by atoms with Crippen molar-refractivity contribution in [3.63, 3.8) is 0 Å². The Morgan fingerprint density at radius 1 is 1.56 bits per heavy atom. The summed E-state index contributed by atoms with van der Waals surface area (Å²) in [6.07, 6.45) is 2.24. The van der Waals surface area contributed by atoms with Crippen LogP contribution in [-0.2, 0) is 11.3 Å². The van der Waals surface area contributed by atoms with E-state index in [-0.39, 0.29) is 6.54 Å². The maximum Gasteiger partial charge on any atom is 0.410 e.